The molecule has 0 radical (unpaired) electrons. The van der Waals surface area contributed by atoms with Gasteiger partial charge in [-0.2, -0.15) is 0 Å². The van der Waals surface area contributed by atoms with Crippen molar-refractivity contribution in [3.63, 3.8) is 0 Å². The minimum Gasteiger partial charge on any atom is -0.324 e. The summed E-state index contributed by atoms with van der Waals surface area (Å²) in [6, 6.07) is 10.4. The van der Waals surface area contributed by atoms with Crippen LogP contribution in [-0.2, 0) is 12.8 Å². The van der Waals surface area contributed by atoms with E-state index in [1.165, 1.54) is 11.1 Å². The first-order valence-electron chi connectivity index (χ1n) is 7.34. The van der Waals surface area contributed by atoms with Crippen LogP contribution >= 0.6 is 0 Å². The van der Waals surface area contributed by atoms with Crippen molar-refractivity contribution >= 4 is 0 Å². The highest BCUT2D eigenvalue weighted by Crippen LogP contribution is 2.34. The molecule has 2 aromatic rings. The van der Waals surface area contributed by atoms with Gasteiger partial charge in [-0.25, -0.2) is 8.78 Å². The molecule has 0 heterocycles. The van der Waals surface area contributed by atoms with Crippen LogP contribution in [-0.4, -0.2) is 0 Å². The normalized spacial score (nSPS) is 19.1. The molecule has 3 rings (SSSR count). The largest absolute Gasteiger partial charge is 0.324 e. The Kier molecular flexibility index (Phi) is 3.77. The summed E-state index contributed by atoms with van der Waals surface area (Å²) in [4.78, 5) is 0. The van der Waals surface area contributed by atoms with Crippen molar-refractivity contribution in [2.24, 2.45) is 11.7 Å². The lowest BCUT2D eigenvalue weighted by Crippen LogP contribution is -2.28. The quantitative estimate of drug-likeness (QED) is 0.885. The fourth-order valence-electron chi connectivity index (χ4n) is 3.22. The van der Waals surface area contributed by atoms with Gasteiger partial charge in [-0.3, -0.25) is 0 Å². The standard InChI is InChI=1S/C18H19F2N/c1-11-8-15(17(20)10-16(11)19)18(21)14-7-6-12-4-2-3-5-13(12)9-14/h2-5,8,10,14,18H,6-7,9,21H2,1H3. The summed E-state index contributed by atoms with van der Waals surface area (Å²) in [7, 11) is 0. The summed E-state index contributed by atoms with van der Waals surface area (Å²) < 4.78 is 27.4. The Labute approximate surface area is 123 Å². The molecule has 1 nitrogen and oxygen atoms in total. The fourth-order valence-corrected chi connectivity index (χ4v) is 3.22. The van der Waals surface area contributed by atoms with Gasteiger partial charge in [0.1, 0.15) is 11.6 Å². The summed E-state index contributed by atoms with van der Waals surface area (Å²) >= 11 is 0. The first-order valence-corrected chi connectivity index (χ1v) is 7.34. The van der Waals surface area contributed by atoms with Crippen molar-refractivity contribution < 1.29 is 8.78 Å². The van der Waals surface area contributed by atoms with Crippen LogP contribution in [0.15, 0.2) is 36.4 Å². The molecule has 0 amide bonds. The first-order chi connectivity index (χ1) is 10.1. The van der Waals surface area contributed by atoms with Crippen LogP contribution < -0.4 is 5.73 Å². The maximum absolute atomic E-state index is 14.0. The van der Waals surface area contributed by atoms with Gasteiger partial charge in [-0.15, -0.1) is 0 Å². The predicted octanol–water partition coefficient (Wildman–Crippen LogP) is 4.08. The van der Waals surface area contributed by atoms with Crippen molar-refractivity contribution in [1.82, 2.24) is 0 Å². The molecule has 2 unspecified atom stereocenters. The van der Waals surface area contributed by atoms with E-state index < -0.39 is 17.7 Å². The Bertz CT molecular complexity index is 666. The fraction of sp³-hybridized carbons (Fsp3) is 0.333. The Balaban J connectivity index is 1.87. The van der Waals surface area contributed by atoms with Gasteiger partial charge in [0.15, 0.2) is 0 Å². The zero-order valence-electron chi connectivity index (χ0n) is 12.1. The third-order valence-corrected chi connectivity index (χ3v) is 4.53. The van der Waals surface area contributed by atoms with Crippen LogP contribution in [0.1, 0.15) is 34.7 Å². The minimum atomic E-state index is -0.538. The molecule has 2 N–H and O–H groups in total. The molecule has 0 fully saturated rings. The van der Waals surface area contributed by atoms with Crippen LogP contribution in [0.2, 0.25) is 0 Å². The molecular weight excluding hydrogens is 268 g/mol. The third-order valence-electron chi connectivity index (χ3n) is 4.53. The number of halogens is 2. The van der Waals surface area contributed by atoms with E-state index in [9.17, 15) is 8.78 Å². The van der Waals surface area contributed by atoms with Gasteiger partial charge < -0.3 is 5.73 Å². The number of benzene rings is 2. The zero-order chi connectivity index (χ0) is 15.0. The van der Waals surface area contributed by atoms with Gasteiger partial charge >= 0.3 is 0 Å². The topological polar surface area (TPSA) is 26.0 Å². The lowest BCUT2D eigenvalue weighted by Gasteiger charge is -2.30. The Morgan fingerprint density at radius 1 is 1.10 bits per heavy atom. The third kappa shape index (κ3) is 2.70. The van der Waals surface area contributed by atoms with Gasteiger partial charge in [-0.05, 0) is 54.9 Å². The minimum absolute atomic E-state index is 0.194. The van der Waals surface area contributed by atoms with Crippen LogP contribution in [0.5, 0.6) is 0 Å². The number of nitrogens with two attached hydrogens (primary N) is 1. The summed E-state index contributed by atoms with van der Waals surface area (Å²) in [6.07, 6.45) is 2.76. The Hall–Kier alpha value is -1.74. The van der Waals surface area contributed by atoms with E-state index in [1.807, 2.05) is 12.1 Å². The van der Waals surface area contributed by atoms with E-state index in [4.69, 9.17) is 5.73 Å². The smallest absolute Gasteiger partial charge is 0.130 e. The number of fused-ring (bicyclic) bond motifs is 1. The molecule has 2 atom stereocenters. The molecule has 110 valence electrons. The summed E-state index contributed by atoms with van der Waals surface area (Å²) in [5, 5.41) is 0. The molecule has 0 saturated heterocycles. The highest BCUT2D eigenvalue weighted by Gasteiger charge is 2.27. The van der Waals surface area contributed by atoms with Crippen LogP contribution in [0.25, 0.3) is 0 Å². The average molecular weight is 287 g/mol. The number of hydrogen-bond acceptors (Lipinski definition) is 1. The molecule has 0 aromatic heterocycles. The summed E-state index contributed by atoms with van der Waals surface area (Å²) in [6.45, 7) is 1.64. The zero-order valence-corrected chi connectivity index (χ0v) is 12.1. The van der Waals surface area contributed by atoms with Crippen molar-refractivity contribution in [2.45, 2.75) is 32.2 Å². The Morgan fingerprint density at radius 2 is 1.81 bits per heavy atom. The molecule has 3 heteroatoms. The van der Waals surface area contributed by atoms with E-state index >= 15 is 0 Å². The first kappa shape index (κ1) is 14.2. The molecule has 0 saturated carbocycles. The van der Waals surface area contributed by atoms with E-state index in [-0.39, 0.29) is 5.92 Å². The summed E-state index contributed by atoms with van der Waals surface area (Å²) in [5.41, 5.74) is 9.81. The number of hydrogen-bond donors (Lipinski definition) is 1. The second-order valence-corrected chi connectivity index (χ2v) is 5.92. The van der Waals surface area contributed by atoms with E-state index in [0.29, 0.717) is 11.1 Å². The van der Waals surface area contributed by atoms with E-state index in [0.717, 1.165) is 25.3 Å². The molecule has 1 aliphatic carbocycles. The average Bonchev–Trinajstić information content (AvgIpc) is 2.50. The lowest BCUT2D eigenvalue weighted by atomic mass is 9.78. The van der Waals surface area contributed by atoms with E-state index in [1.54, 1.807) is 13.0 Å². The van der Waals surface area contributed by atoms with Gasteiger partial charge in [0, 0.05) is 17.7 Å². The van der Waals surface area contributed by atoms with E-state index in [2.05, 4.69) is 12.1 Å². The predicted molar refractivity (Wildman–Crippen MR) is 80.0 cm³/mol. The highest BCUT2D eigenvalue weighted by atomic mass is 19.1. The number of rotatable bonds is 2. The Morgan fingerprint density at radius 3 is 2.57 bits per heavy atom. The molecular formula is C18H19F2N. The molecule has 21 heavy (non-hydrogen) atoms. The molecule has 0 spiro atoms. The lowest BCUT2D eigenvalue weighted by molar-refractivity contribution is 0.372. The monoisotopic (exact) mass is 287 g/mol. The van der Waals surface area contributed by atoms with Gasteiger partial charge in [0.05, 0.1) is 0 Å². The van der Waals surface area contributed by atoms with Gasteiger partial charge in [-0.1, -0.05) is 24.3 Å². The van der Waals surface area contributed by atoms with Crippen molar-refractivity contribution in [3.05, 3.63) is 70.3 Å². The van der Waals surface area contributed by atoms with Crippen molar-refractivity contribution in [1.29, 1.82) is 0 Å². The van der Waals surface area contributed by atoms with Crippen LogP contribution in [0, 0.1) is 24.5 Å². The molecule has 0 bridgehead atoms. The van der Waals surface area contributed by atoms with Crippen molar-refractivity contribution in [2.75, 3.05) is 0 Å². The SMILES string of the molecule is Cc1cc(C(N)C2CCc3ccccc3C2)c(F)cc1F. The molecule has 2 aromatic carbocycles. The summed E-state index contributed by atoms with van der Waals surface area (Å²) in [5.74, 6) is -0.860. The van der Waals surface area contributed by atoms with Crippen LogP contribution in [0.3, 0.4) is 0 Å². The van der Waals surface area contributed by atoms with Gasteiger partial charge in [0.2, 0.25) is 0 Å². The van der Waals surface area contributed by atoms with Gasteiger partial charge in [0.25, 0.3) is 0 Å². The maximum atomic E-state index is 14.0. The molecule has 0 aliphatic heterocycles. The second kappa shape index (κ2) is 5.57. The highest BCUT2D eigenvalue weighted by molar-refractivity contribution is 5.33. The molecule has 1 aliphatic rings. The second-order valence-electron chi connectivity index (χ2n) is 5.92. The number of aryl methyl sites for hydroxylation is 2. The maximum Gasteiger partial charge on any atom is 0.130 e. The van der Waals surface area contributed by atoms with Crippen molar-refractivity contribution in [3.8, 4) is 0 Å². The van der Waals surface area contributed by atoms with Crippen LogP contribution in [0.4, 0.5) is 8.78 Å².